The molecule has 2 heterocycles. The molecule has 0 saturated heterocycles. The molecule has 0 radical (unpaired) electrons. The summed E-state index contributed by atoms with van der Waals surface area (Å²) in [5, 5.41) is 12.7. The Bertz CT molecular complexity index is 516. The van der Waals surface area contributed by atoms with Gasteiger partial charge in [-0.25, -0.2) is 4.98 Å². The van der Waals surface area contributed by atoms with Gasteiger partial charge in [-0.1, -0.05) is 13.8 Å². The molecular weight excluding hydrogens is 244 g/mol. The average Bonchev–Trinajstić information content (AvgIpc) is 2.84. The van der Waals surface area contributed by atoms with E-state index in [1.54, 1.807) is 11.3 Å². The Morgan fingerprint density at radius 1 is 1.33 bits per heavy atom. The molecule has 2 aromatic heterocycles. The van der Waals surface area contributed by atoms with Crippen LogP contribution in [0.4, 0.5) is 0 Å². The Morgan fingerprint density at radius 3 is 2.72 bits per heavy atom. The third kappa shape index (κ3) is 2.31. The summed E-state index contributed by atoms with van der Waals surface area (Å²) in [5.74, 6) is 0. The van der Waals surface area contributed by atoms with Crippen LogP contribution in [-0.4, -0.2) is 20.1 Å². The second-order valence-corrected chi connectivity index (χ2v) is 7.26. The van der Waals surface area contributed by atoms with E-state index in [4.69, 9.17) is 0 Å². The first-order valence-corrected chi connectivity index (χ1v) is 7.47. The molecule has 18 heavy (non-hydrogen) atoms. The summed E-state index contributed by atoms with van der Waals surface area (Å²) in [4.78, 5) is 5.59. The zero-order chi connectivity index (χ0) is 12.8. The summed E-state index contributed by atoms with van der Waals surface area (Å²) in [5.41, 5.74) is 0.865. The predicted octanol–water partition coefficient (Wildman–Crippen LogP) is 3.27. The number of imidazole rings is 1. The van der Waals surface area contributed by atoms with Crippen LogP contribution in [-0.2, 0) is 6.42 Å². The fraction of sp³-hybridized carbons (Fsp3) is 0.643. The number of nitrogens with zero attached hydrogens (tertiary/aromatic N) is 2. The molecule has 1 saturated carbocycles. The number of aromatic nitrogens is 2. The highest BCUT2D eigenvalue weighted by Gasteiger charge is 2.37. The Morgan fingerprint density at radius 2 is 2.06 bits per heavy atom. The molecule has 0 unspecified atom stereocenters. The first-order chi connectivity index (χ1) is 8.46. The van der Waals surface area contributed by atoms with Crippen molar-refractivity contribution in [3.05, 3.63) is 23.5 Å². The van der Waals surface area contributed by atoms with Crippen molar-refractivity contribution in [1.82, 2.24) is 9.38 Å². The topological polar surface area (TPSA) is 37.5 Å². The highest BCUT2D eigenvalue weighted by Crippen LogP contribution is 2.41. The van der Waals surface area contributed by atoms with Crippen molar-refractivity contribution >= 4 is 16.3 Å². The Hall–Kier alpha value is -0.870. The van der Waals surface area contributed by atoms with E-state index in [2.05, 4.69) is 18.8 Å². The smallest absolute Gasteiger partial charge is 0.193 e. The van der Waals surface area contributed by atoms with Crippen LogP contribution in [0.2, 0.25) is 0 Å². The number of fused-ring (bicyclic) bond motifs is 1. The van der Waals surface area contributed by atoms with Crippen molar-refractivity contribution in [1.29, 1.82) is 0 Å². The van der Waals surface area contributed by atoms with Gasteiger partial charge in [-0.3, -0.25) is 4.40 Å². The van der Waals surface area contributed by atoms with Crippen molar-refractivity contribution < 1.29 is 5.11 Å². The van der Waals surface area contributed by atoms with Gasteiger partial charge in [-0.05, 0) is 31.1 Å². The molecule has 0 amide bonds. The van der Waals surface area contributed by atoms with E-state index in [-0.39, 0.29) is 0 Å². The summed E-state index contributed by atoms with van der Waals surface area (Å²) < 4.78 is 2.04. The third-order valence-electron chi connectivity index (χ3n) is 4.19. The van der Waals surface area contributed by atoms with E-state index < -0.39 is 5.60 Å². The van der Waals surface area contributed by atoms with Crippen molar-refractivity contribution in [2.45, 2.75) is 51.6 Å². The molecule has 0 bridgehead atoms. The van der Waals surface area contributed by atoms with Crippen LogP contribution in [0.25, 0.3) is 4.96 Å². The van der Waals surface area contributed by atoms with Crippen LogP contribution < -0.4 is 0 Å². The molecule has 0 spiro atoms. The molecule has 1 aliphatic rings. The van der Waals surface area contributed by atoms with E-state index in [9.17, 15) is 5.11 Å². The summed E-state index contributed by atoms with van der Waals surface area (Å²) in [6.07, 6.45) is 8.75. The third-order valence-corrected chi connectivity index (χ3v) is 4.96. The van der Waals surface area contributed by atoms with Crippen LogP contribution >= 0.6 is 11.3 Å². The van der Waals surface area contributed by atoms with Gasteiger partial charge in [0.2, 0.25) is 0 Å². The van der Waals surface area contributed by atoms with E-state index in [0.29, 0.717) is 11.8 Å². The van der Waals surface area contributed by atoms with E-state index in [1.807, 2.05) is 22.2 Å². The van der Waals surface area contributed by atoms with Gasteiger partial charge in [0.05, 0.1) is 11.3 Å². The maximum absolute atomic E-state index is 10.7. The quantitative estimate of drug-likeness (QED) is 0.904. The van der Waals surface area contributed by atoms with E-state index in [0.717, 1.165) is 36.3 Å². The number of hydrogen-bond acceptors (Lipinski definition) is 3. The van der Waals surface area contributed by atoms with Crippen LogP contribution in [0.3, 0.4) is 0 Å². The van der Waals surface area contributed by atoms with Gasteiger partial charge in [-0.2, -0.15) is 0 Å². The Balaban J connectivity index is 1.74. The molecule has 4 heteroatoms. The molecule has 3 nitrogen and oxygen atoms in total. The Kier molecular flexibility index (Phi) is 2.75. The molecule has 0 atom stereocenters. The van der Waals surface area contributed by atoms with Crippen LogP contribution in [0.1, 0.15) is 45.2 Å². The van der Waals surface area contributed by atoms with Crippen LogP contribution in [0.15, 0.2) is 17.8 Å². The maximum Gasteiger partial charge on any atom is 0.193 e. The van der Waals surface area contributed by atoms with Gasteiger partial charge in [0.1, 0.15) is 0 Å². The summed E-state index contributed by atoms with van der Waals surface area (Å²) >= 11 is 1.64. The van der Waals surface area contributed by atoms with E-state index >= 15 is 0 Å². The van der Waals surface area contributed by atoms with Gasteiger partial charge in [0.15, 0.2) is 4.96 Å². The molecule has 2 aromatic rings. The van der Waals surface area contributed by atoms with Crippen molar-refractivity contribution in [2.24, 2.45) is 5.41 Å². The molecule has 0 aromatic carbocycles. The Labute approximate surface area is 111 Å². The lowest BCUT2D eigenvalue weighted by molar-refractivity contribution is -0.0257. The van der Waals surface area contributed by atoms with E-state index in [1.165, 1.54) is 0 Å². The number of hydrogen-bond donors (Lipinski definition) is 1. The first-order valence-electron chi connectivity index (χ1n) is 6.59. The monoisotopic (exact) mass is 264 g/mol. The lowest BCUT2D eigenvalue weighted by atomic mass is 9.70. The van der Waals surface area contributed by atoms with Crippen LogP contribution in [0.5, 0.6) is 0 Å². The maximum atomic E-state index is 10.7. The van der Waals surface area contributed by atoms with Gasteiger partial charge in [-0.15, -0.1) is 11.3 Å². The average molecular weight is 264 g/mol. The number of aliphatic hydroxyl groups is 1. The van der Waals surface area contributed by atoms with Crippen molar-refractivity contribution in [3.8, 4) is 0 Å². The zero-order valence-corrected chi connectivity index (χ0v) is 11.8. The SMILES string of the molecule is CC1(C)CCC(O)(Cc2cn3ccsc3n2)CC1. The van der Waals surface area contributed by atoms with Gasteiger partial charge < -0.3 is 5.11 Å². The molecule has 3 rings (SSSR count). The van der Waals surface area contributed by atoms with Crippen molar-refractivity contribution in [3.63, 3.8) is 0 Å². The van der Waals surface area contributed by atoms with Crippen molar-refractivity contribution in [2.75, 3.05) is 0 Å². The minimum atomic E-state index is -0.542. The minimum absolute atomic E-state index is 0.390. The largest absolute Gasteiger partial charge is 0.389 e. The fourth-order valence-electron chi connectivity index (χ4n) is 2.77. The highest BCUT2D eigenvalue weighted by molar-refractivity contribution is 7.15. The standard InChI is InChI=1S/C14H20N2OS/c1-13(2)3-5-14(17,6-4-13)9-11-10-16-7-8-18-12(16)15-11/h7-8,10,17H,3-6,9H2,1-2H3. The first kappa shape index (κ1) is 12.2. The number of rotatable bonds is 2. The molecule has 1 N–H and O–H groups in total. The highest BCUT2D eigenvalue weighted by atomic mass is 32.1. The molecule has 0 aliphatic heterocycles. The lowest BCUT2D eigenvalue weighted by Gasteiger charge is -2.40. The summed E-state index contributed by atoms with van der Waals surface area (Å²) in [6, 6.07) is 0. The van der Waals surface area contributed by atoms with Gasteiger partial charge >= 0.3 is 0 Å². The molecule has 1 fully saturated rings. The summed E-state index contributed by atoms with van der Waals surface area (Å²) in [6.45, 7) is 4.58. The second kappa shape index (κ2) is 4.07. The summed E-state index contributed by atoms with van der Waals surface area (Å²) in [7, 11) is 0. The van der Waals surface area contributed by atoms with Gasteiger partial charge in [0.25, 0.3) is 0 Å². The number of thiazole rings is 1. The zero-order valence-electron chi connectivity index (χ0n) is 11.0. The fourth-order valence-corrected chi connectivity index (χ4v) is 3.49. The molecule has 98 valence electrons. The van der Waals surface area contributed by atoms with Crippen LogP contribution in [0, 0.1) is 5.41 Å². The molecule has 1 aliphatic carbocycles. The normalized spacial score (nSPS) is 22.4. The second-order valence-electron chi connectivity index (χ2n) is 6.39. The molecular formula is C14H20N2OS. The predicted molar refractivity (Wildman–Crippen MR) is 74.0 cm³/mol. The lowest BCUT2D eigenvalue weighted by Crippen LogP contribution is -2.38. The van der Waals surface area contributed by atoms with Gasteiger partial charge in [0, 0.05) is 24.2 Å². The minimum Gasteiger partial charge on any atom is -0.389 e.